The van der Waals surface area contributed by atoms with E-state index in [0.717, 1.165) is 0 Å². The number of nitrogens with zero attached hydrogens (tertiary/aromatic N) is 3. The van der Waals surface area contributed by atoms with E-state index in [2.05, 4.69) is 15.0 Å². The van der Waals surface area contributed by atoms with Crippen LogP contribution in [-0.2, 0) is 4.74 Å². The SMILES string of the molecule is C[C@@H](O)[C@H]1O[C@@H](n2cnc3c(=O)[nH]cnc32)[C@@H](O)[C@H]1O. The smallest absolute Gasteiger partial charge is 0.278 e. The summed E-state index contributed by atoms with van der Waals surface area (Å²) in [6.45, 7) is 1.46. The van der Waals surface area contributed by atoms with Crippen LogP contribution in [0.4, 0.5) is 0 Å². The summed E-state index contributed by atoms with van der Waals surface area (Å²) in [4.78, 5) is 21.9. The monoisotopic (exact) mass is 282 g/mol. The van der Waals surface area contributed by atoms with Gasteiger partial charge in [0.25, 0.3) is 5.56 Å². The quantitative estimate of drug-likeness (QED) is 0.506. The molecule has 9 heteroatoms. The molecule has 0 aliphatic carbocycles. The molecule has 9 nitrogen and oxygen atoms in total. The zero-order valence-corrected chi connectivity index (χ0v) is 10.5. The summed E-state index contributed by atoms with van der Waals surface area (Å²) in [5.74, 6) is 0. The van der Waals surface area contributed by atoms with Gasteiger partial charge in [0, 0.05) is 0 Å². The van der Waals surface area contributed by atoms with Crippen molar-refractivity contribution in [3.8, 4) is 0 Å². The van der Waals surface area contributed by atoms with Gasteiger partial charge in [0.15, 0.2) is 17.4 Å². The molecule has 0 aromatic carbocycles. The summed E-state index contributed by atoms with van der Waals surface area (Å²) in [6.07, 6.45) is -2.81. The highest BCUT2D eigenvalue weighted by Crippen LogP contribution is 2.32. The molecule has 5 atom stereocenters. The summed E-state index contributed by atoms with van der Waals surface area (Å²) in [5.41, 5.74) is -0.0663. The van der Waals surface area contributed by atoms with Crippen molar-refractivity contribution in [2.24, 2.45) is 0 Å². The van der Waals surface area contributed by atoms with Gasteiger partial charge in [-0.2, -0.15) is 0 Å². The number of aliphatic hydroxyl groups is 3. The summed E-state index contributed by atoms with van der Waals surface area (Å²) in [7, 11) is 0. The third kappa shape index (κ3) is 1.83. The van der Waals surface area contributed by atoms with Crippen LogP contribution in [0.1, 0.15) is 13.2 Å². The minimum absolute atomic E-state index is 0.110. The van der Waals surface area contributed by atoms with Crippen molar-refractivity contribution in [3.05, 3.63) is 23.0 Å². The van der Waals surface area contributed by atoms with Crippen LogP contribution >= 0.6 is 0 Å². The molecule has 1 saturated heterocycles. The number of fused-ring (bicyclic) bond motifs is 1. The minimum atomic E-state index is -1.26. The second kappa shape index (κ2) is 4.63. The summed E-state index contributed by atoms with van der Waals surface area (Å²) < 4.78 is 6.82. The minimum Gasteiger partial charge on any atom is -0.391 e. The number of aromatic nitrogens is 4. The molecule has 3 heterocycles. The first-order valence-electron chi connectivity index (χ1n) is 6.10. The summed E-state index contributed by atoms with van der Waals surface area (Å²) >= 11 is 0. The summed E-state index contributed by atoms with van der Waals surface area (Å²) in [6, 6.07) is 0. The van der Waals surface area contributed by atoms with E-state index in [0.29, 0.717) is 0 Å². The van der Waals surface area contributed by atoms with Gasteiger partial charge in [-0.15, -0.1) is 0 Å². The number of hydrogen-bond donors (Lipinski definition) is 4. The van der Waals surface area contributed by atoms with E-state index in [-0.39, 0.29) is 11.2 Å². The highest BCUT2D eigenvalue weighted by molar-refractivity contribution is 5.68. The van der Waals surface area contributed by atoms with Crippen LogP contribution in [0.3, 0.4) is 0 Å². The van der Waals surface area contributed by atoms with Crippen LogP contribution in [0, 0.1) is 0 Å². The first kappa shape index (κ1) is 13.2. The van der Waals surface area contributed by atoms with E-state index >= 15 is 0 Å². The number of ether oxygens (including phenoxy) is 1. The first-order chi connectivity index (χ1) is 9.50. The molecule has 0 spiro atoms. The Kier molecular flexibility index (Phi) is 3.05. The van der Waals surface area contributed by atoms with Crippen LogP contribution < -0.4 is 5.56 Å². The van der Waals surface area contributed by atoms with Gasteiger partial charge in [-0.1, -0.05) is 0 Å². The van der Waals surface area contributed by atoms with Crippen LogP contribution in [0.25, 0.3) is 11.2 Å². The Hall–Kier alpha value is -1.81. The molecule has 0 amide bonds. The third-order valence-electron chi connectivity index (χ3n) is 3.39. The lowest BCUT2D eigenvalue weighted by atomic mass is 10.1. The molecule has 1 aliphatic rings. The molecule has 20 heavy (non-hydrogen) atoms. The lowest BCUT2D eigenvalue weighted by molar-refractivity contribution is -0.0777. The van der Waals surface area contributed by atoms with Crippen molar-refractivity contribution in [3.63, 3.8) is 0 Å². The zero-order valence-electron chi connectivity index (χ0n) is 10.5. The average molecular weight is 282 g/mol. The van der Waals surface area contributed by atoms with Gasteiger partial charge in [-0.3, -0.25) is 9.36 Å². The van der Waals surface area contributed by atoms with Crippen molar-refractivity contribution < 1.29 is 20.1 Å². The predicted molar refractivity (Wildman–Crippen MR) is 65.8 cm³/mol. The molecule has 1 fully saturated rings. The molecule has 4 N–H and O–H groups in total. The highest BCUT2D eigenvalue weighted by atomic mass is 16.6. The largest absolute Gasteiger partial charge is 0.391 e. The van der Waals surface area contributed by atoms with Gasteiger partial charge < -0.3 is 25.0 Å². The predicted octanol–water partition coefficient (Wildman–Crippen LogP) is -1.88. The molecule has 0 saturated carbocycles. The molecule has 2 aromatic rings. The van der Waals surface area contributed by atoms with Crippen molar-refractivity contribution in [2.75, 3.05) is 0 Å². The fraction of sp³-hybridized carbons (Fsp3) is 0.545. The van der Waals surface area contributed by atoms with Gasteiger partial charge >= 0.3 is 0 Å². The van der Waals surface area contributed by atoms with E-state index in [1.165, 1.54) is 24.1 Å². The molecule has 1 aliphatic heterocycles. The van der Waals surface area contributed by atoms with Crippen LogP contribution in [0.15, 0.2) is 17.4 Å². The van der Waals surface area contributed by atoms with Gasteiger partial charge in [-0.25, -0.2) is 9.97 Å². The van der Waals surface area contributed by atoms with E-state index in [4.69, 9.17) is 4.74 Å². The number of aromatic amines is 1. The van der Waals surface area contributed by atoms with Crippen molar-refractivity contribution in [1.82, 2.24) is 19.5 Å². The maximum Gasteiger partial charge on any atom is 0.278 e. The highest BCUT2D eigenvalue weighted by Gasteiger charge is 2.46. The second-order valence-electron chi connectivity index (χ2n) is 4.77. The number of aliphatic hydroxyl groups excluding tert-OH is 3. The van der Waals surface area contributed by atoms with Crippen LogP contribution in [-0.4, -0.2) is 59.3 Å². The third-order valence-corrected chi connectivity index (χ3v) is 3.39. The molecule has 0 radical (unpaired) electrons. The van der Waals surface area contributed by atoms with Crippen molar-refractivity contribution in [2.45, 2.75) is 37.6 Å². The van der Waals surface area contributed by atoms with Gasteiger partial charge in [-0.05, 0) is 6.92 Å². The average Bonchev–Trinajstić information content (AvgIpc) is 2.94. The first-order valence-corrected chi connectivity index (χ1v) is 6.10. The van der Waals surface area contributed by atoms with Gasteiger partial charge in [0.1, 0.15) is 18.3 Å². The molecule has 0 bridgehead atoms. The number of hydrogen-bond acceptors (Lipinski definition) is 7. The zero-order chi connectivity index (χ0) is 14.4. The Labute approximate surface area is 112 Å². The lowest BCUT2D eigenvalue weighted by Crippen LogP contribution is -2.37. The Bertz CT molecular complexity index is 681. The number of imidazole rings is 1. The molecule has 0 unspecified atom stereocenters. The Balaban J connectivity index is 2.04. The van der Waals surface area contributed by atoms with E-state index in [9.17, 15) is 20.1 Å². The maximum absolute atomic E-state index is 11.6. The van der Waals surface area contributed by atoms with Crippen molar-refractivity contribution >= 4 is 11.2 Å². The van der Waals surface area contributed by atoms with E-state index in [1.54, 1.807) is 0 Å². The van der Waals surface area contributed by atoms with Gasteiger partial charge in [0.2, 0.25) is 0 Å². The standard InChI is InChI=1S/C11H14N4O5/c1-4(16)8-6(17)7(18)11(20-8)15-3-14-5-9(15)12-2-13-10(5)19/h2-4,6-8,11,16-18H,1H3,(H,12,13,19)/t4-,6-,7+,8-,11-/m1/s1. The second-order valence-corrected chi connectivity index (χ2v) is 4.77. The lowest BCUT2D eigenvalue weighted by Gasteiger charge is -2.17. The Morgan fingerprint density at radius 3 is 2.80 bits per heavy atom. The number of H-pyrrole nitrogens is 1. The normalized spacial score (nSPS) is 31.8. The topological polar surface area (TPSA) is 133 Å². The van der Waals surface area contributed by atoms with Crippen LogP contribution in [0.5, 0.6) is 0 Å². The molecular formula is C11H14N4O5. The van der Waals surface area contributed by atoms with E-state index < -0.39 is 36.2 Å². The maximum atomic E-state index is 11.6. The van der Waals surface area contributed by atoms with Gasteiger partial charge in [0.05, 0.1) is 18.8 Å². The number of rotatable bonds is 2. The Morgan fingerprint density at radius 1 is 1.40 bits per heavy atom. The molecule has 108 valence electrons. The summed E-state index contributed by atoms with van der Waals surface area (Å²) in [5, 5.41) is 29.4. The fourth-order valence-electron chi connectivity index (χ4n) is 2.36. The Morgan fingerprint density at radius 2 is 2.15 bits per heavy atom. The molecular weight excluding hydrogens is 268 g/mol. The molecule has 3 rings (SSSR count). The van der Waals surface area contributed by atoms with Crippen molar-refractivity contribution in [1.29, 1.82) is 0 Å². The van der Waals surface area contributed by atoms with Crippen LogP contribution in [0.2, 0.25) is 0 Å². The van der Waals surface area contributed by atoms with E-state index in [1.807, 2.05) is 0 Å². The molecule has 2 aromatic heterocycles. The number of nitrogens with one attached hydrogen (secondary N) is 1. The fourth-order valence-corrected chi connectivity index (χ4v) is 2.36.